The van der Waals surface area contributed by atoms with Gasteiger partial charge in [0.1, 0.15) is 0 Å². The molecule has 5 nitrogen and oxygen atoms in total. The van der Waals surface area contributed by atoms with Gasteiger partial charge in [0.15, 0.2) is 0 Å². The van der Waals surface area contributed by atoms with E-state index in [1.165, 1.54) is 0 Å². The van der Waals surface area contributed by atoms with Crippen LogP contribution in [0.15, 0.2) is 0 Å². The van der Waals surface area contributed by atoms with Gasteiger partial charge in [0, 0.05) is 6.54 Å². The van der Waals surface area contributed by atoms with Crippen molar-refractivity contribution in [3.63, 3.8) is 0 Å². The predicted octanol–water partition coefficient (Wildman–Crippen LogP) is -0.634. The Morgan fingerprint density at radius 2 is 1.93 bits per heavy atom. The monoisotopic (exact) mass is 201 g/mol. The quantitative estimate of drug-likeness (QED) is 0.535. The lowest BCUT2D eigenvalue weighted by Gasteiger charge is -2.09. The molecule has 0 unspecified atom stereocenters. The SMILES string of the molecule is CCCNC(=O)CNC(=O)[C@H](N)CC. The summed E-state index contributed by atoms with van der Waals surface area (Å²) in [4.78, 5) is 22.2. The third-order valence-electron chi connectivity index (χ3n) is 1.77. The van der Waals surface area contributed by atoms with E-state index in [-0.39, 0.29) is 18.4 Å². The van der Waals surface area contributed by atoms with E-state index in [4.69, 9.17) is 5.73 Å². The van der Waals surface area contributed by atoms with Crippen LogP contribution in [0.2, 0.25) is 0 Å². The summed E-state index contributed by atoms with van der Waals surface area (Å²) < 4.78 is 0. The van der Waals surface area contributed by atoms with Crippen molar-refractivity contribution in [3.8, 4) is 0 Å². The molecule has 2 amide bonds. The van der Waals surface area contributed by atoms with Crippen LogP contribution in [-0.4, -0.2) is 30.9 Å². The number of hydrogen-bond acceptors (Lipinski definition) is 3. The van der Waals surface area contributed by atoms with E-state index in [1.54, 1.807) is 0 Å². The first-order valence-electron chi connectivity index (χ1n) is 4.91. The van der Waals surface area contributed by atoms with Crippen molar-refractivity contribution in [2.24, 2.45) is 5.73 Å². The largest absolute Gasteiger partial charge is 0.355 e. The van der Waals surface area contributed by atoms with Crippen LogP contribution in [0.3, 0.4) is 0 Å². The van der Waals surface area contributed by atoms with E-state index in [2.05, 4.69) is 10.6 Å². The van der Waals surface area contributed by atoms with E-state index in [1.807, 2.05) is 13.8 Å². The van der Waals surface area contributed by atoms with E-state index in [0.717, 1.165) is 6.42 Å². The minimum atomic E-state index is -0.519. The summed E-state index contributed by atoms with van der Waals surface area (Å²) in [6.07, 6.45) is 1.45. The van der Waals surface area contributed by atoms with Crippen LogP contribution in [0.1, 0.15) is 26.7 Å². The molecule has 0 radical (unpaired) electrons. The van der Waals surface area contributed by atoms with Gasteiger partial charge >= 0.3 is 0 Å². The first-order valence-corrected chi connectivity index (χ1v) is 4.91. The van der Waals surface area contributed by atoms with Crippen LogP contribution in [0.25, 0.3) is 0 Å². The van der Waals surface area contributed by atoms with Gasteiger partial charge < -0.3 is 16.4 Å². The number of nitrogens with two attached hydrogens (primary N) is 1. The highest BCUT2D eigenvalue weighted by molar-refractivity contribution is 5.87. The molecule has 0 aromatic rings. The van der Waals surface area contributed by atoms with Crippen LogP contribution in [-0.2, 0) is 9.59 Å². The van der Waals surface area contributed by atoms with Gasteiger partial charge in [-0.2, -0.15) is 0 Å². The van der Waals surface area contributed by atoms with Crippen molar-refractivity contribution in [1.82, 2.24) is 10.6 Å². The summed E-state index contributed by atoms with van der Waals surface area (Å²) >= 11 is 0. The number of hydrogen-bond donors (Lipinski definition) is 3. The molecule has 4 N–H and O–H groups in total. The molecule has 82 valence electrons. The van der Waals surface area contributed by atoms with Gasteiger partial charge in [-0.15, -0.1) is 0 Å². The highest BCUT2D eigenvalue weighted by Crippen LogP contribution is 1.84. The summed E-state index contributed by atoms with van der Waals surface area (Å²) in [7, 11) is 0. The topological polar surface area (TPSA) is 84.2 Å². The average Bonchev–Trinajstić information content (AvgIpc) is 2.21. The fourth-order valence-electron chi connectivity index (χ4n) is 0.811. The number of carbonyl (C=O) groups excluding carboxylic acids is 2. The molecule has 0 aliphatic heterocycles. The van der Waals surface area contributed by atoms with E-state index < -0.39 is 6.04 Å². The Morgan fingerprint density at radius 1 is 1.29 bits per heavy atom. The lowest BCUT2D eigenvalue weighted by Crippen LogP contribution is -2.44. The van der Waals surface area contributed by atoms with Crippen molar-refractivity contribution in [2.45, 2.75) is 32.7 Å². The summed E-state index contributed by atoms with van der Waals surface area (Å²) in [5.41, 5.74) is 5.46. The molecular formula is C9H19N3O2. The van der Waals surface area contributed by atoms with Crippen molar-refractivity contribution in [3.05, 3.63) is 0 Å². The van der Waals surface area contributed by atoms with Crippen LogP contribution in [0.4, 0.5) is 0 Å². The summed E-state index contributed by atoms with van der Waals surface area (Å²) in [6.45, 7) is 4.42. The molecule has 0 aliphatic rings. The van der Waals surface area contributed by atoms with Crippen molar-refractivity contribution >= 4 is 11.8 Å². The molecule has 0 saturated heterocycles. The predicted molar refractivity (Wildman–Crippen MR) is 54.6 cm³/mol. The molecule has 5 heteroatoms. The maximum absolute atomic E-state index is 11.1. The molecule has 0 spiro atoms. The zero-order valence-corrected chi connectivity index (χ0v) is 8.80. The normalized spacial score (nSPS) is 11.9. The Morgan fingerprint density at radius 3 is 2.43 bits per heavy atom. The van der Waals surface area contributed by atoms with Crippen LogP contribution >= 0.6 is 0 Å². The third kappa shape index (κ3) is 5.53. The zero-order chi connectivity index (χ0) is 11.0. The Bertz CT molecular complexity index is 194. The molecule has 0 aliphatic carbocycles. The lowest BCUT2D eigenvalue weighted by molar-refractivity contribution is -0.126. The highest BCUT2D eigenvalue weighted by Gasteiger charge is 2.11. The molecule has 1 atom stereocenters. The van der Waals surface area contributed by atoms with E-state index in [0.29, 0.717) is 13.0 Å². The van der Waals surface area contributed by atoms with Crippen molar-refractivity contribution in [2.75, 3.05) is 13.1 Å². The van der Waals surface area contributed by atoms with Crippen molar-refractivity contribution < 1.29 is 9.59 Å². The van der Waals surface area contributed by atoms with Crippen molar-refractivity contribution in [1.29, 1.82) is 0 Å². The van der Waals surface area contributed by atoms with Gasteiger partial charge in [0.2, 0.25) is 11.8 Å². The van der Waals surface area contributed by atoms with Gasteiger partial charge in [-0.05, 0) is 12.8 Å². The second-order valence-corrected chi connectivity index (χ2v) is 3.08. The first-order chi connectivity index (χ1) is 6.61. The smallest absolute Gasteiger partial charge is 0.239 e. The lowest BCUT2D eigenvalue weighted by atomic mass is 10.2. The van der Waals surface area contributed by atoms with E-state index >= 15 is 0 Å². The Hall–Kier alpha value is -1.10. The fraction of sp³-hybridized carbons (Fsp3) is 0.778. The molecule has 0 aromatic carbocycles. The van der Waals surface area contributed by atoms with Gasteiger partial charge in [0.05, 0.1) is 12.6 Å². The molecule has 14 heavy (non-hydrogen) atoms. The first kappa shape index (κ1) is 12.9. The van der Waals surface area contributed by atoms with Crippen LogP contribution in [0.5, 0.6) is 0 Å². The molecule has 0 fully saturated rings. The minimum Gasteiger partial charge on any atom is -0.355 e. The van der Waals surface area contributed by atoms with Crippen LogP contribution in [0, 0.1) is 0 Å². The van der Waals surface area contributed by atoms with Gasteiger partial charge in [-0.1, -0.05) is 13.8 Å². The average molecular weight is 201 g/mol. The standard InChI is InChI=1S/C9H19N3O2/c1-3-5-11-8(13)6-12-9(14)7(10)4-2/h7H,3-6,10H2,1-2H3,(H,11,13)(H,12,14)/t7-/m1/s1. The second kappa shape index (κ2) is 7.32. The summed E-state index contributed by atoms with van der Waals surface area (Å²) in [6, 6.07) is -0.519. The van der Waals surface area contributed by atoms with E-state index in [9.17, 15) is 9.59 Å². The van der Waals surface area contributed by atoms with Gasteiger partial charge in [-0.25, -0.2) is 0 Å². The molecule has 0 saturated carbocycles. The maximum atomic E-state index is 11.1. The number of nitrogens with one attached hydrogen (secondary N) is 2. The second-order valence-electron chi connectivity index (χ2n) is 3.08. The maximum Gasteiger partial charge on any atom is 0.239 e. The highest BCUT2D eigenvalue weighted by atomic mass is 16.2. The number of amides is 2. The minimum absolute atomic E-state index is 0.00648. The van der Waals surface area contributed by atoms with Crippen LogP contribution < -0.4 is 16.4 Å². The van der Waals surface area contributed by atoms with Gasteiger partial charge in [-0.3, -0.25) is 9.59 Å². The summed E-state index contributed by atoms with van der Waals surface area (Å²) in [5, 5.41) is 5.12. The summed E-state index contributed by atoms with van der Waals surface area (Å²) in [5.74, 6) is -0.456. The number of carbonyl (C=O) groups is 2. The molecule has 0 aromatic heterocycles. The zero-order valence-electron chi connectivity index (χ0n) is 8.80. The van der Waals surface area contributed by atoms with Gasteiger partial charge in [0.25, 0.3) is 0 Å². The molecular weight excluding hydrogens is 182 g/mol. The Kier molecular flexibility index (Phi) is 6.74. The fourth-order valence-corrected chi connectivity index (χ4v) is 0.811. The molecule has 0 rings (SSSR count). The molecule has 0 bridgehead atoms. The Balaban J connectivity index is 3.61. The third-order valence-corrected chi connectivity index (χ3v) is 1.77. The number of rotatable bonds is 6. The Labute approximate surface area is 84.4 Å². The molecule has 0 heterocycles.